The van der Waals surface area contributed by atoms with Gasteiger partial charge in [0, 0.05) is 24.8 Å². The third-order valence-electron chi connectivity index (χ3n) is 5.76. The summed E-state index contributed by atoms with van der Waals surface area (Å²) < 4.78 is 6.16. The van der Waals surface area contributed by atoms with Gasteiger partial charge in [0.1, 0.15) is 11.3 Å². The predicted octanol–water partition coefficient (Wildman–Crippen LogP) is 5.65. The molecule has 0 unspecified atom stereocenters. The van der Waals surface area contributed by atoms with E-state index >= 15 is 0 Å². The summed E-state index contributed by atoms with van der Waals surface area (Å²) in [5.74, 6) is 1.43. The fourth-order valence-electron chi connectivity index (χ4n) is 3.92. The van der Waals surface area contributed by atoms with Gasteiger partial charge < -0.3 is 9.64 Å². The minimum Gasteiger partial charge on any atom is -0.438 e. The number of aromatic nitrogens is 2. The minimum absolute atomic E-state index is 0.0925. The molecule has 5 nitrogen and oxygen atoms in total. The lowest BCUT2D eigenvalue weighted by Gasteiger charge is -2.31. The third-order valence-corrected chi connectivity index (χ3v) is 5.76. The molecule has 0 atom stereocenters. The number of amides is 1. The van der Waals surface area contributed by atoms with E-state index in [1.54, 1.807) is 6.20 Å². The van der Waals surface area contributed by atoms with Crippen LogP contribution in [-0.4, -0.2) is 33.9 Å². The first-order valence-electron chi connectivity index (χ1n) is 10.6. The van der Waals surface area contributed by atoms with Crippen LogP contribution >= 0.6 is 0 Å². The quantitative estimate of drug-likeness (QED) is 0.554. The number of rotatable bonds is 5. The van der Waals surface area contributed by atoms with Gasteiger partial charge in [0.05, 0.1) is 0 Å². The molecule has 1 amide bonds. The molecule has 2 aromatic carbocycles. The van der Waals surface area contributed by atoms with E-state index in [9.17, 15) is 4.79 Å². The second kappa shape index (κ2) is 9.08. The monoisotopic (exact) mass is 401 g/mol. The number of ether oxygens (including phenoxy) is 1. The molecule has 0 bridgehead atoms. The SMILES string of the molecule is Cc1ccccc1Oc1nc(-c2ccccc2)ncc1C(=O)N(C)C1CCCCC1. The van der Waals surface area contributed by atoms with E-state index in [1.165, 1.54) is 6.42 Å². The smallest absolute Gasteiger partial charge is 0.260 e. The first kappa shape index (κ1) is 20.1. The summed E-state index contributed by atoms with van der Waals surface area (Å²) in [6.07, 6.45) is 7.26. The number of hydrogen-bond acceptors (Lipinski definition) is 4. The van der Waals surface area contributed by atoms with Crippen molar-refractivity contribution in [2.45, 2.75) is 45.1 Å². The van der Waals surface area contributed by atoms with Gasteiger partial charge in [0.25, 0.3) is 5.91 Å². The molecule has 1 fully saturated rings. The summed E-state index contributed by atoms with van der Waals surface area (Å²) in [5, 5.41) is 0. The van der Waals surface area contributed by atoms with E-state index in [0.717, 1.165) is 36.8 Å². The lowest BCUT2D eigenvalue weighted by molar-refractivity contribution is 0.0692. The average molecular weight is 402 g/mol. The molecular weight excluding hydrogens is 374 g/mol. The molecule has 1 aromatic heterocycles. The van der Waals surface area contributed by atoms with E-state index in [-0.39, 0.29) is 11.9 Å². The van der Waals surface area contributed by atoms with Crippen molar-refractivity contribution in [2.24, 2.45) is 0 Å². The fraction of sp³-hybridized carbons (Fsp3) is 0.320. The highest BCUT2D eigenvalue weighted by molar-refractivity contribution is 5.96. The molecular formula is C25H27N3O2. The summed E-state index contributed by atoms with van der Waals surface area (Å²) in [5.41, 5.74) is 2.26. The molecule has 154 valence electrons. The van der Waals surface area contributed by atoms with Gasteiger partial charge >= 0.3 is 0 Å². The van der Waals surface area contributed by atoms with Crippen molar-refractivity contribution in [1.82, 2.24) is 14.9 Å². The van der Waals surface area contributed by atoms with E-state index in [1.807, 2.05) is 73.5 Å². The fourth-order valence-corrected chi connectivity index (χ4v) is 3.92. The van der Waals surface area contributed by atoms with Crippen LogP contribution in [0.1, 0.15) is 48.0 Å². The second-order valence-electron chi connectivity index (χ2n) is 7.85. The molecule has 0 radical (unpaired) electrons. The van der Waals surface area contributed by atoms with E-state index in [4.69, 9.17) is 4.74 Å². The van der Waals surface area contributed by atoms with Gasteiger partial charge in [-0.25, -0.2) is 4.98 Å². The van der Waals surface area contributed by atoms with Gasteiger partial charge in [0.15, 0.2) is 5.82 Å². The topological polar surface area (TPSA) is 55.3 Å². The number of para-hydroxylation sites is 1. The molecule has 0 spiro atoms. The summed E-state index contributed by atoms with van der Waals surface area (Å²) >= 11 is 0. The Morgan fingerprint density at radius 1 is 1.00 bits per heavy atom. The van der Waals surface area contributed by atoms with E-state index < -0.39 is 0 Å². The highest BCUT2D eigenvalue weighted by atomic mass is 16.5. The zero-order valence-corrected chi connectivity index (χ0v) is 17.5. The third kappa shape index (κ3) is 4.35. The first-order valence-corrected chi connectivity index (χ1v) is 10.6. The van der Waals surface area contributed by atoms with Gasteiger partial charge in [-0.05, 0) is 31.4 Å². The van der Waals surface area contributed by atoms with Crippen LogP contribution in [0, 0.1) is 6.92 Å². The molecule has 30 heavy (non-hydrogen) atoms. The van der Waals surface area contributed by atoms with Gasteiger partial charge in [-0.2, -0.15) is 4.98 Å². The second-order valence-corrected chi connectivity index (χ2v) is 7.85. The summed E-state index contributed by atoms with van der Waals surface area (Å²) in [7, 11) is 1.88. The van der Waals surface area contributed by atoms with Crippen LogP contribution in [0.5, 0.6) is 11.6 Å². The Morgan fingerprint density at radius 2 is 1.70 bits per heavy atom. The van der Waals surface area contributed by atoms with Gasteiger partial charge in [-0.15, -0.1) is 0 Å². The van der Waals surface area contributed by atoms with Crippen molar-refractivity contribution in [1.29, 1.82) is 0 Å². The number of carbonyl (C=O) groups excluding carboxylic acids is 1. The van der Waals surface area contributed by atoms with Gasteiger partial charge in [-0.3, -0.25) is 4.79 Å². The number of hydrogen-bond donors (Lipinski definition) is 0. The van der Waals surface area contributed by atoms with Crippen LogP contribution < -0.4 is 4.74 Å². The highest BCUT2D eigenvalue weighted by Gasteiger charge is 2.27. The van der Waals surface area contributed by atoms with Crippen molar-refractivity contribution in [3.8, 4) is 23.0 Å². The molecule has 1 aliphatic rings. The van der Waals surface area contributed by atoms with Crippen LogP contribution in [-0.2, 0) is 0 Å². The zero-order chi connectivity index (χ0) is 20.9. The van der Waals surface area contributed by atoms with Crippen LogP contribution in [0.15, 0.2) is 60.8 Å². The maximum absolute atomic E-state index is 13.4. The Kier molecular flexibility index (Phi) is 6.07. The Balaban J connectivity index is 1.71. The maximum Gasteiger partial charge on any atom is 0.260 e. The number of aryl methyl sites for hydroxylation is 1. The molecule has 0 N–H and O–H groups in total. The Morgan fingerprint density at radius 3 is 2.43 bits per heavy atom. The summed E-state index contributed by atoms with van der Waals surface area (Å²) in [6, 6.07) is 17.7. The standard InChI is InChI=1S/C25H27N3O2/c1-18-11-9-10-16-22(18)30-24-21(25(29)28(2)20-14-7-4-8-15-20)17-26-23(27-24)19-12-5-3-6-13-19/h3,5-6,9-13,16-17,20H,4,7-8,14-15H2,1-2H3. The molecule has 5 heteroatoms. The van der Waals surface area contributed by atoms with Crippen LogP contribution in [0.2, 0.25) is 0 Å². The summed E-state index contributed by atoms with van der Waals surface area (Å²) in [6.45, 7) is 1.98. The van der Waals surface area contributed by atoms with E-state index in [2.05, 4.69) is 9.97 Å². The van der Waals surface area contributed by atoms with Gasteiger partial charge in [-0.1, -0.05) is 67.8 Å². The number of nitrogens with zero attached hydrogens (tertiary/aromatic N) is 3. The molecule has 1 saturated carbocycles. The Labute approximate surface area is 177 Å². The Bertz CT molecular complexity index is 1010. The maximum atomic E-state index is 13.4. The summed E-state index contributed by atoms with van der Waals surface area (Å²) in [4.78, 5) is 24.3. The van der Waals surface area contributed by atoms with Crippen LogP contribution in [0.4, 0.5) is 0 Å². The van der Waals surface area contributed by atoms with Crippen molar-refractivity contribution >= 4 is 5.91 Å². The largest absolute Gasteiger partial charge is 0.438 e. The predicted molar refractivity (Wildman–Crippen MR) is 118 cm³/mol. The van der Waals surface area contributed by atoms with Crippen molar-refractivity contribution in [2.75, 3.05) is 7.05 Å². The van der Waals surface area contributed by atoms with Crippen molar-refractivity contribution in [3.63, 3.8) is 0 Å². The lowest BCUT2D eigenvalue weighted by Crippen LogP contribution is -2.38. The molecule has 3 aromatic rings. The van der Waals surface area contributed by atoms with Crippen LogP contribution in [0.3, 0.4) is 0 Å². The normalized spacial score (nSPS) is 14.3. The Hall–Kier alpha value is -3.21. The van der Waals surface area contributed by atoms with E-state index in [0.29, 0.717) is 23.0 Å². The minimum atomic E-state index is -0.0925. The molecule has 4 rings (SSSR count). The van der Waals surface area contributed by atoms with Crippen molar-refractivity contribution < 1.29 is 9.53 Å². The highest BCUT2D eigenvalue weighted by Crippen LogP contribution is 2.30. The molecule has 1 heterocycles. The number of benzene rings is 2. The molecule has 1 aliphatic carbocycles. The molecule has 0 aliphatic heterocycles. The number of carbonyl (C=O) groups is 1. The van der Waals surface area contributed by atoms with Crippen molar-refractivity contribution in [3.05, 3.63) is 71.9 Å². The lowest BCUT2D eigenvalue weighted by atomic mass is 9.94. The van der Waals surface area contributed by atoms with Crippen LogP contribution in [0.25, 0.3) is 11.4 Å². The van der Waals surface area contributed by atoms with Gasteiger partial charge in [0.2, 0.25) is 5.88 Å². The zero-order valence-electron chi connectivity index (χ0n) is 17.5. The molecule has 0 saturated heterocycles. The first-order chi connectivity index (χ1) is 14.6. The average Bonchev–Trinajstić information content (AvgIpc) is 2.81.